The number of carboxylic acid groups (broad SMARTS) is 1. The largest absolute Gasteiger partial charge is 0.477 e. The van der Waals surface area contributed by atoms with Crippen molar-refractivity contribution in [3.05, 3.63) is 12.4 Å². The molecule has 0 spiro atoms. The van der Waals surface area contributed by atoms with Gasteiger partial charge in [0.1, 0.15) is 6.20 Å². The molecule has 0 radical (unpaired) electrons. The maximum atomic E-state index is 11.3. The Morgan fingerprint density at radius 3 is 2.69 bits per heavy atom. The molecule has 0 saturated carbocycles. The Morgan fingerprint density at radius 2 is 2.25 bits per heavy atom. The second-order valence-corrected chi connectivity index (χ2v) is 4.47. The molecule has 0 bridgehead atoms. The fourth-order valence-electron chi connectivity index (χ4n) is 2.05. The van der Waals surface area contributed by atoms with E-state index in [1.54, 1.807) is 6.20 Å². The summed E-state index contributed by atoms with van der Waals surface area (Å²) in [6.45, 7) is 4.00. The summed E-state index contributed by atoms with van der Waals surface area (Å²) in [6, 6.07) is -0.408. The van der Waals surface area contributed by atoms with Gasteiger partial charge in [-0.25, -0.2) is 14.3 Å². The van der Waals surface area contributed by atoms with Crippen LogP contribution in [0.25, 0.3) is 0 Å². The van der Waals surface area contributed by atoms with Crippen LogP contribution in [0, 0.1) is 0 Å². The first-order valence-electron chi connectivity index (χ1n) is 5.83. The number of amidine groups is 1. The van der Waals surface area contributed by atoms with Crippen molar-refractivity contribution in [2.45, 2.75) is 45.6 Å². The first-order chi connectivity index (χ1) is 7.52. The molecule has 4 heteroatoms. The molecule has 16 heavy (non-hydrogen) atoms. The standard InChI is InChI=1S/C12H20N2O2/c1-4-5-6-7-11(12(15)16)14(3)9-8-13-10(14)2/h8-9,11H,4-7H2,1-3H3/p+1. The number of unbranched alkanes of at least 4 members (excludes halogenated alkanes) is 2. The zero-order valence-corrected chi connectivity index (χ0v) is 10.3. The molecule has 0 fully saturated rings. The molecule has 0 aromatic carbocycles. The molecule has 0 aromatic heterocycles. The Kier molecular flexibility index (Phi) is 4.24. The zero-order chi connectivity index (χ0) is 12.2. The molecule has 1 heterocycles. The van der Waals surface area contributed by atoms with Gasteiger partial charge < -0.3 is 5.11 Å². The third kappa shape index (κ3) is 2.50. The minimum Gasteiger partial charge on any atom is -0.477 e. The van der Waals surface area contributed by atoms with Crippen LogP contribution in [0.2, 0.25) is 0 Å². The molecule has 0 aliphatic carbocycles. The molecule has 4 nitrogen and oxygen atoms in total. The number of nitrogens with zero attached hydrogens (tertiary/aromatic N) is 2. The summed E-state index contributed by atoms with van der Waals surface area (Å²) in [6.07, 6.45) is 7.42. The van der Waals surface area contributed by atoms with E-state index in [0.29, 0.717) is 10.9 Å². The smallest absolute Gasteiger partial charge is 0.363 e. The van der Waals surface area contributed by atoms with Crippen LogP contribution in [0.15, 0.2) is 17.4 Å². The maximum Gasteiger partial charge on any atom is 0.363 e. The van der Waals surface area contributed by atoms with E-state index >= 15 is 0 Å². The molecular formula is C12H21N2O2+. The third-order valence-electron chi connectivity index (χ3n) is 3.35. The second-order valence-electron chi connectivity index (χ2n) is 4.47. The highest BCUT2D eigenvalue weighted by molar-refractivity contribution is 5.80. The average Bonchev–Trinajstić information content (AvgIpc) is 2.54. The van der Waals surface area contributed by atoms with Crippen molar-refractivity contribution in [3.63, 3.8) is 0 Å². The van der Waals surface area contributed by atoms with Crippen LogP contribution in [-0.2, 0) is 4.79 Å². The Morgan fingerprint density at radius 1 is 1.56 bits per heavy atom. The second kappa shape index (κ2) is 5.25. The van der Waals surface area contributed by atoms with Gasteiger partial charge >= 0.3 is 5.97 Å². The van der Waals surface area contributed by atoms with Crippen molar-refractivity contribution in [2.24, 2.45) is 4.99 Å². The number of likely N-dealkylation sites (N-methyl/N-ethyl adjacent to an activating group) is 1. The third-order valence-corrected chi connectivity index (χ3v) is 3.35. The fraction of sp³-hybridized carbons (Fsp3) is 0.667. The lowest BCUT2D eigenvalue weighted by molar-refractivity contribution is -0.784. The number of carboxylic acids is 1. The van der Waals surface area contributed by atoms with E-state index in [1.165, 1.54) is 0 Å². The maximum absolute atomic E-state index is 11.3. The molecule has 0 amide bonds. The normalized spacial score (nSPS) is 25.6. The lowest BCUT2D eigenvalue weighted by Gasteiger charge is -2.32. The molecule has 0 saturated heterocycles. The van der Waals surface area contributed by atoms with Gasteiger partial charge in [-0.3, -0.25) is 0 Å². The van der Waals surface area contributed by atoms with Gasteiger partial charge in [0.25, 0.3) is 0 Å². The number of aliphatic imine (C=N–C) groups is 1. The van der Waals surface area contributed by atoms with Crippen molar-refractivity contribution in [3.8, 4) is 0 Å². The Bertz CT molecular complexity index is 323. The summed E-state index contributed by atoms with van der Waals surface area (Å²) in [5.41, 5.74) is 0. The van der Waals surface area contributed by atoms with E-state index in [9.17, 15) is 9.90 Å². The van der Waals surface area contributed by atoms with Gasteiger partial charge in [0, 0.05) is 13.3 Å². The molecule has 1 rings (SSSR count). The highest BCUT2D eigenvalue weighted by atomic mass is 16.4. The van der Waals surface area contributed by atoms with E-state index in [-0.39, 0.29) is 0 Å². The van der Waals surface area contributed by atoms with Crippen molar-refractivity contribution in [2.75, 3.05) is 7.05 Å². The lowest BCUT2D eigenvalue weighted by Crippen LogP contribution is -2.53. The zero-order valence-electron chi connectivity index (χ0n) is 10.3. The predicted molar refractivity (Wildman–Crippen MR) is 64.0 cm³/mol. The first-order valence-corrected chi connectivity index (χ1v) is 5.83. The molecule has 0 aromatic rings. The summed E-state index contributed by atoms with van der Waals surface area (Å²) in [7, 11) is 1.91. The van der Waals surface area contributed by atoms with E-state index in [1.807, 2.05) is 20.2 Å². The molecule has 2 unspecified atom stereocenters. The topological polar surface area (TPSA) is 49.7 Å². The number of hydrogen-bond donors (Lipinski definition) is 1. The van der Waals surface area contributed by atoms with Crippen LogP contribution in [0.5, 0.6) is 0 Å². The summed E-state index contributed by atoms with van der Waals surface area (Å²) < 4.78 is 0.318. The van der Waals surface area contributed by atoms with E-state index < -0.39 is 12.0 Å². The van der Waals surface area contributed by atoms with Crippen molar-refractivity contribution < 1.29 is 14.4 Å². The van der Waals surface area contributed by atoms with Crippen LogP contribution in [0.1, 0.15) is 39.5 Å². The van der Waals surface area contributed by atoms with Gasteiger partial charge in [0.2, 0.25) is 5.84 Å². The Hall–Kier alpha value is -1.16. The molecule has 1 aliphatic rings. The minimum absolute atomic E-state index is 0.318. The summed E-state index contributed by atoms with van der Waals surface area (Å²) in [5, 5.41) is 9.31. The Balaban J connectivity index is 2.74. The van der Waals surface area contributed by atoms with Crippen LogP contribution in [0.3, 0.4) is 0 Å². The Labute approximate surface area is 96.9 Å². The van der Waals surface area contributed by atoms with Gasteiger partial charge in [0.05, 0.1) is 13.2 Å². The van der Waals surface area contributed by atoms with Gasteiger partial charge in [-0.05, 0) is 6.42 Å². The van der Waals surface area contributed by atoms with Crippen molar-refractivity contribution in [1.29, 1.82) is 0 Å². The predicted octanol–water partition coefficient (Wildman–Crippen LogP) is 2.37. The summed E-state index contributed by atoms with van der Waals surface area (Å²) in [5.74, 6) is 0.114. The van der Waals surface area contributed by atoms with Gasteiger partial charge in [0.15, 0.2) is 6.04 Å². The van der Waals surface area contributed by atoms with Gasteiger partial charge in [-0.1, -0.05) is 19.8 Å². The van der Waals surface area contributed by atoms with E-state index in [4.69, 9.17) is 0 Å². The van der Waals surface area contributed by atoms with E-state index in [2.05, 4.69) is 11.9 Å². The summed E-state index contributed by atoms with van der Waals surface area (Å²) >= 11 is 0. The van der Waals surface area contributed by atoms with Crippen LogP contribution in [0.4, 0.5) is 0 Å². The number of hydrogen-bond acceptors (Lipinski definition) is 2. The monoisotopic (exact) mass is 225 g/mol. The molecule has 90 valence electrons. The SMILES string of the molecule is CCCCCC(C(=O)O)[N+]1(C)C=CN=C1C. The van der Waals surface area contributed by atoms with Crippen LogP contribution in [-0.4, -0.2) is 34.5 Å². The highest BCUT2D eigenvalue weighted by Gasteiger charge is 2.41. The van der Waals surface area contributed by atoms with Crippen molar-refractivity contribution in [1.82, 2.24) is 0 Å². The fourth-order valence-corrected chi connectivity index (χ4v) is 2.05. The van der Waals surface area contributed by atoms with Crippen LogP contribution >= 0.6 is 0 Å². The number of rotatable bonds is 6. The van der Waals surface area contributed by atoms with Gasteiger partial charge in [-0.15, -0.1) is 0 Å². The highest BCUT2D eigenvalue weighted by Crippen LogP contribution is 2.23. The summed E-state index contributed by atoms with van der Waals surface area (Å²) in [4.78, 5) is 15.5. The van der Waals surface area contributed by atoms with E-state index in [0.717, 1.165) is 25.1 Å². The first kappa shape index (κ1) is 12.9. The van der Waals surface area contributed by atoms with Crippen molar-refractivity contribution >= 4 is 11.8 Å². The minimum atomic E-state index is -0.736. The molecule has 1 aliphatic heterocycles. The molecule has 2 atom stereocenters. The molecular weight excluding hydrogens is 204 g/mol. The quantitative estimate of drug-likeness (QED) is 0.557. The lowest BCUT2D eigenvalue weighted by atomic mass is 10.1. The average molecular weight is 225 g/mol. The number of quaternary nitrogens is 1. The van der Waals surface area contributed by atoms with Gasteiger partial charge in [-0.2, -0.15) is 0 Å². The number of carbonyl (C=O) groups is 1. The molecule has 1 N–H and O–H groups in total. The number of aliphatic carboxylic acids is 1. The van der Waals surface area contributed by atoms with Crippen LogP contribution < -0.4 is 0 Å².